The number of hydrogen-bond acceptors (Lipinski definition) is 7. The van der Waals surface area contributed by atoms with Gasteiger partial charge in [-0.1, -0.05) is 69.2 Å². The minimum atomic E-state index is -0.567. The summed E-state index contributed by atoms with van der Waals surface area (Å²) < 4.78 is 16.0. The molecule has 0 aromatic carbocycles. The highest BCUT2D eigenvalue weighted by atomic mass is 16.6. The molecule has 2 aliphatic rings. The van der Waals surface area contributed by atoms with E-state index in [9.17, 15) is 19.2 Å². The average Bonchev–Trinajstić information content (AvgIpc) is 2.99. The molecule has 1 N–H and O–H groups in total. The second-order valence-corrected chi connectivity index (χ2v) is 13.6. The van der Waals surface area contributed by atoms with Gasteiger partial charge in [-0.3, -0.25) is 14.4 Å². The van der Waals surface area contributed by atoms with E-state index in [2.05, 4.69) is 38.2 Å². The van der Waals surface area contributed by atoms with Crippen LogP contribution in [0.5, 0.6) is 5.75 Å². The van der Waals surface area contributed by atoms with Crippen molar-refractivity contribution >= 4 is 17.8 Å². The van der Waals surface area contributed by atoms with Gasteiger partial charge in [0, 0.05) is 24.6 Å². The van der Waals surface area contributed by atoms with Gasteiger partial charge >= 0.3 is 11.9 Å². The molecule has 8 heteroatoms. The molecule has 250 valence electrons. The number of hydrogen-bond donors (Lipinski definition) is 1. The first kappa shape index (κ1) is 36.5. The van der Waals surface area contributed by atoms with Crippen LogP contribution in [0.3, 0.4) is 0 Å². The van der Waals surface area contributed by atoms with Gasteiger partial charge in [0.15, 0.2) is 0 Å². The van der Waals surface area contributed by atoms with Crippen molar-refractivity contribution in [3.05, 3.63) is 87.1 Å². The molecule has 0 unspecified atom stereocenters. The molecule has 0 atom stereocenters. The van der Waals surface area contributed by atoms with Crippen LogP contribution in [0.1, 0.15) is 99.2 Å². The van der Waals surface area contributed by atoms with Crippen molar-refractivity contribution in [2.75, 3.05) is 6.54 Å². The van der Waals surface area contributed by atoms with Crippen molar-refractivity contribution in [3.63, 3.8) is 0 Å². The Kier molecular flexibility index (Phi) is 13.6. The molecular formula is C38H51NO7. The molecule has 46 heavy (non-hydrogen) atoms. The lowest BCUT2D eigenvalue weighted by Crippen LogP contribution is -2.35. The third-order valence-corrected chi connectivity index (χ3v) is 8.81. The van der Waals surface area contributed by atoms with E-state index in [1.54, 1.807) is 6.92 Å². The summed E-state index contributed by atoms with van der Waals surface area (Å²) in [6, 6.07) is 1.16. The Morgan fingerprint density at radius 1 is 1.09 bits per heavy atom. The maximum absolute atomic E-state index is 12.7. The van der Waals surface area contributed by atoms with Gasteiger partial charge in [0.25, 0.3) is 0 Å². The highest BCUT2D eigenvalue weighted by Crippen LogP contribution is 2.40. The zero-order chi connectivity index (χ0) is 33.9. The van der Waals surface area contributed by atoms with Gasteiger partial charge in [0.05, 0.1) is 5.92 Å². The first-order valence-electron chi connectivity index (χ1n) is 16.4. The van der Waals surface area contributed by atoms with Crippen molar-refractivity contribution < 1.29 is 28.3 Å². The minimum Gasteiger partial charge on any atom is -0.462 e. The SMILES string of the molecule is CC1=C(/C=C/C(C)=C/C=C/C(C)=C/C(=O)OCc2cc(=O)c(OC(=O)C3CCC(CNC(=O)C(C)C)CC3)co2)C(C)(C)CCC1. The molecule has 0 aliphatic heterocycles. The van der Waals surface area contributed by atoms with E-state index >= 15 is 0 Å². The van der Waals surface area contributed by atoms with E-state index in [-0.39, 0.29) is 41.3 Å². The Morgan fingerprint density at radius 2 is 1.80 bits per heavy atom. The van der Waals surface area contributed by atoms with Crippen molar-refractivity contribution in [1.82, 2.24) is 5.32 Å². The first-order chi connectivity index (χ1) is 21.7. The number of nitrogens with one attached hydrogen (secondary N) is 1. The maximum atomic E-state index is 12.7. The molecule has 0 saturated heterocycles. The van der Waals surface area contributed by atoms with Crippen LogP contribution in [-0.4, -0.2) is 24.4 Å². The van der Waals surface area contributed by atoms with Gasteiger partial charge in [-0.2, -0.15) is 0 Å². The van der Waals surface area contributed by atoms with Gasteiger partial charge in [-0.05, 0) is 88.2 Å². The van der Waals surface area contributed by atoms with Crippen LogP contribution in [0, 0.1) is 23.2 Å². The molecule has 0 radical (unpaired) electrons. The number of amides is 1. The third-order valence-electron chi connectivity index (χ3n) is 8.81. The van der Waals surface area contributed by atoms with Gasteiger partial charge in [-0.25, -0.2) is 4.79 Å². The van der Waals surface area contributed by atoms with Crippen LogP contribution in [0.15, 0.2) is 80.3 Å². The average molecular weight is 634 g/mol. The molecule has 1 heterocycles. The first-order valence-corrected chi connectivity index (χ1v) is 16.4. The molecule has 0 spiro atoms. The highest BCUT2D eigenvalue weighted by molar-refractivity contribution is 5.83. The topological polar surface area (TPSA) is 112 Å². The minimum absolute atomic E-state index is 0.0274. The second-order valence-electron chi connectivity index (χ2n) is 13.6. The summed E-state index contributed by atoms with van der Waals surface area (Å²) in [7, 11) is 0. The number of carbonyl (C=O) groups is 3. The van der Waals surface area contributed by atoms with Crippen molar-refractivity contribution in [1.29, 1.82) is 0 Å². The van der Waals surface area contributed by atoms with Crippen molar-refractivity contribution in [2.24, 2.45) is 23.2 Å². The van der Waals surface area contributed by atoms with Crippen LogP contribution < -0.4 is 15.5 Å². The number of allylic oxidation sites excluding steroid dienone is 9. The summed E-state index contributed by atoms with van der Waals surface area (Å²) >= 11 is 0. The summed E-state index contributed by atoms with van der Waals surface area (Å²) in [5.41, 5.74) is 4.36. The quantitative estimate of drug-likeness (QED) is 0.143. The summed E-state index contributed by atoms with van der Waals surface area (Å²) in [4.78, 5) is 49.3. The summed E-state index contributed by atoms with van der Waals surface area (Å²) in [5.74, 6) is -1.11. The fraction of sp³-hybridized carbons (Fsp3) is 0.526. The van der Waals surface area contributed by atoms with Gasteiger partial charge in [0.2, 0.25) is 17.1 Å². The van der Waals surface area contributed by atoms with E-state index in [1.165, 1.54) is 30.1 Å². The Balaban J connectivity index is 1.44. The highest BCUT2D eigenvalue weighted by Gasteiger charge is 2.29. The van der Waals surface area contributed by atoms with E-state index in [0.29, 0.717) is 30.9 Å². The van der Waals surface area contributed by atoms with Crippen molar-refractivity contribution in [2.45, 2.75) is 100 Å². The fourth-order valence-corrected chi connectivity index (χ4v) is 5.88. The molecule has 1 saturated carbocycles. The van der Waals surface area contributed by atoms with E-state index in [0.717, 1.165) is 37.2 Å². The number of carbonyl (C=O) groups excluding carboxylic acids is 3. The standard InChI is InChI=1S/C38H51NO7/c1-25(2)36(42)39-22-29-14-16-30(17-15-29)37(43)46-34-24-44-31(21-33(34)40)23-45-35(41)20-27(4)11-8-10-26(3)13-18-32-28(5)12-9-19-38(32,6)7/h8,10-11,13,18,20-21,24-25,29-30H,9,12,14-17,19,22-23H2,1-7H3,(H,39,42)/b11-8+,18-13+,26-10+,27-20+. The predicted molar refractivity (Wildman–Crippen MR) is 180 cm³/mol. The van der Waals surface area contributed by atoms with Gasteiger partial charge in [-0.15, -0.1) is 0 Å². The fourth-order valence-electron chi connectivity index (χ4n) is 5.88. The van der Waals surface area contributed by atoms with E-state index in [4.69, 9.17) is 13.9 Å². The van der Waals surface area contributed by atoms with Crippen LogP contribution >= 0.6 is 0 Å². The van der Waals surface area contributed by atoms with Crippen molar-refractivity contribution in [3.8, 4) is 5.75 Å². The normalized spacial score (nSPS) is 20.8. The second kappa shape index (κ2) is 17.1. The van der Waals surface area contributed by atoms with E-state index in [1.807, 2.05) is 39.0 Å². The summed E-state index contributed by atoms with van der Waals surface area (Å²) in [6.45, 7) is 14.7. The van der Waals surface area contributed by atoms with E-state index < -0.39 is 17.4 Å². The molecular weight excluding hydrogens is 582 g/mol. The summed E-state index contributed by atoms with van der Waals surface area (Å²) in [6.07, 6.45) is 19.0. The smallest absolute Gasteiger partial charge is 0.331 e. The third kappa shape index (κ3) is 11.5. The Labute approximate surface area is 273 Å². The monoisotopic (exact) mass is 633 g/mol. The Bertz CT molecular complexity index is 1460. The lowest BCUT2D eigenvalue weighted by Gasteiger charge is -2.32. The number of esters is 2. The van der Waals surface area contributed by atoms with Crippen LogP contribution in [0.25, 0.3) is 0 Å². The predicted octanol–water partition coefficient (Wildman–Crippen LogP) is 7.70. The van der Waals surface area contributed by atoms with Gasteiger partial charge < -0.3 is 19.2 Å². The number of rotatable bonds is 12. The van der Waals surface area contributed by atoms with Gasteiger partial charge in [0.1, 0.15) is 18.6 Å². The molecule has 0 bridgehead atoms. The Morgan fingerprint density at radius 3 is 2.46 bits per heavy atom. The Hall–Kier alpha value is -3.94. The van der Waals surface area contributed by atoms with Crippen LogP contribution in [0.4, 0.5) is 0 Å². The molecule has 8 nitrogen and oxygen atoms in total. The number of ether oxygens (including phenoxy) is 2. The van der Waals surface area contributed by atoms with Crippen LogP contribution in [0.2, 0.25) is 0 Å². The summed E-state index contributed by atoms with van der Waals surface area (Å²) in [5, 5.41) is 2.95. The zero-order valence-electron chi connectivity index (χ0n) is 28.6. The largest absolute Gasteiger partial charge is 0.462 e. The molecule has 2 aliphatic carbocycles. The molecule has 3 rings (SSSR count). The molecule has 1 fully saturated rings. The zero-order valence-corrected chi connectivity index (χ0v) is 28.6. The van der Waals surface area contributed by atoms with Crippen LogP contribution in [-0.2, 0) is 25.7 Å². The lowest BCUT2D eigenvalue weighted by atomic mass is 9.72. The molecule has 1 aromatic rings. The molecule has 1 aromatic heterocycles. The lowest BCUT2D eigenvalue weighted by molar-refractivity contribution is -0.140. The molecule has 1 amide bonds. The maximum Gasteiger partial charge on any atom is 0.331 e.